The Kier molecular flexibility index (Phi) is 2.53. The molecule has 0 aliphatic heterocycles. The summed E-state index contributed by atoms with van der Waals surface area (Å²) in [6.07, 6.45) is 1.72. The van der Waals surface area contributed by atoms with Crippen LogP contribution in [0.2, 0.25) is 0 Å². The van der Waals surface area contributed by atoms with Gasteiger partial charge in [-0.2, -0.15) is 5.10 Å². The van der Waals surface area contributed by atoms with E-state index in [-0.39, 0.29) is 6.03 Å². The highest BCUT2D eigenvalue weighted by Gasteiger charge is 2.01. The van der Waals surface area contributed by atoms with Gasteiger partial charge in [0.05, 0.1) is 11.7 Å². The average Bonchev–Trinajstić information content (AvgIpc) is 2.65. The van der Waals surface area contributed by atoms with Crippen LogP contribution in [0.5, 0.6) is 0 Å². The number of hydrogen-bond acceptors (Lipinski definition) is 2. The molecule has 5 nitrogen and oxygen atoms in total. The summed E-state index contributed by atoms with van der Waals surface area (Å²) in [5.74, 6) is 0. The highest BCUT2D eigenvalue weighted by molar-refractivity contribution is 5.92. The van der Waals surface area contributed by atoms with Crippen LogP contribution in [-0.2, 0) is 0 Å². The Bertz CT molecular complexity index is 477. The summed E-state index contributed by atoms with van der Waals surface area (Å²) in [5, 5.41) is 13.1. The second kappa shape index (κ2) is 4.00. The van der Waals surface area contributed by atoms with Gasteiger partial charge >= 0.3 is 6.03 Å². The molecule has 0 spiro atoms. The predicted molar refractivity (Wildman–Crippen MR) is 58.8 cm³/mol. The first-order chi connectivity index (χ1) is 7.29. The molecule has 0 aliphatic rings. The van der Waals surface area contributed by atoms with E-state index >= 15 is 0 Å². The van der Waals surface area contributed by atoms with E-state index in [1.807, 2.05) is 25.1 Å². The van der Waals surface area contributed by atoms with Gasteiger partial charge in [0.15, 0.2) is 0 Å². The largest absolute Gasteiger partial charge is 0.338 e. The fourth-order valence-electron chi connectivity index (χ4n) is 1.36. The number of rotatable bonds is 2. The van der Waals surface area contributed by atoms with Crippen molar-refractivity contribution in [3.63, 3.8) is 0 Å². The summed E-state index contributed by atoms with van der Waals surface area (Å²) in [7, 11) is 0. The van der Waals surface area contributed by atoms with Crippen LogP contribution in [0.1, 0.15) is 6.92 Å². The zero-order chi connectivity index (χ0) is 10.7. The molecule has 2 amide bonds. The second-order valence-corrected chi connectivity index (χ2v) is 3.16. The average molecular weight is 204 g/mol. The second-order valence-electron chi connectivity index (χ2n) is 3.16. The minimum Gasteiger partial charge on any atom is -0.338 e. The number of anilines is 1. The van der Waals surface area contributed by atoms with Gasteiger partial charge in [-0.3, -0.25) is 5.10 Å². The molecule has 0 aliphatic carbocycles. The van der Waals surface area contributed by atoms with Gasteiger partial charge in [0, 0.05) is 17.6 Å². The number of carbonyl (C=O) groups is 1. The third-order valence-corrected chi connectivity index (χ3v) is 2.04. The van der Waals surface area contributed by atoms with Gasteiger partial charge in [-0.15, -0.1) is 0 Å². The van der Waals surface area contributed by atoms with Crippen molar-refractivity contribution in [3.8, 4) is 0 Å². The molecular weight excluding hydrogens is 192 g/mol. The van der Waals surface area contributed by atoms with E-state index in [4.69, 9.17) is 0 Å². The molecular formula is C10H12N4O. The van der Waals surface area contributed by atoms with Crippen LogP contribution in [0.25, 0.3) is 10.9 Å². The Morgan fingerprint density at radius 3 is 3.20 bits per heavy atom. The van der Waals surface area contributed by atoms with Crippen molar-refractivity contribution in [1.82, 2.24) is 15.5 Å². The first kappa shape index (κ1) is 9.51. The number of nitrogens with zero attached hydrogens (tertiary/aromatic N) is 1. The quantitative estimate of drug-likeness (QED) is 0.696. The highest BCUT2D eigenvalue weighted by atomic mass is 16.2. The van der Waals surface area contributed by atoms with E-state index in [1.54, 1.807) is 6.20 Å². The Hall–Kier alpha value is -2.04. The fourth-order valence-corrected chi connectivity index (χ4v) is 1.36. The zero-order valence-corrected chi connectivity index (χ0v) is 8.37. The van der Waals surface area contributed by atoms with Gasteiger partial charge < -0.3 is 10.6 Å². The molecule has 0 unspecified atom stereocenters. The first-order valence-electron chi connectivity index (χ1n) is 4.77. The summed E-state index contributed by atoms with van der Waals surface area (Å²) in [4.78, 5) is 11.2. The summed E-state index contributed by atoms with van der Waals surface area (Å²) in [6, 6.07) is 5.38. The van der Waals surface area contributed by atoms with Crippen molar-refractivity contribution in [2.45, 2.75) is 6.92 Å². The van der Waals surface area contributed by atoms with Crippen LogP contribution in [-0.4, -0.2) is 22.8 Å². The van der Waals surface area contributed by atoms with E-state index in [9.17, 15) is 4.79 Å². The van der Waals surface area contributed by atoms with Crippen LogP contribution in [0.15, 0.2) is 24.4 Å². The number of nitrogens with one attached hydrogen (secondary N) is 3. The molecule has 2 rings (SSSR count). The monoisotopic (exact) mass is 204 g/mol. The molecule has 0 saturated heterocycles. The zero-order valence-electron chi connectivity index (χ0n) is 8.37. The van der Waals surface area contributed by atoms with Gasteiger partial charge in [-0.1, -0.05) is 0 Å². The molecule has 1 aromatic carbocycles. The number of fused-ring (bicyclic) bond motifs is 1. The number of aromatic nitrogens is 2. The molecule has 78 valence electrons. The third kappa shape index (κ3) is 2.07. The number of carbonyl (C=O) groups excluding carboxylic acids is 1. The first-order valence-corrected chi connectivity index (χ1v) is 4.77. The van der Waals surface area contributed by atoms with Crippen LogP contribution in [0, 0.1) is 0 Å². The molecule has 1 heterocycles. The van der Waals surface area contributed by atoms with E-state index < -0.39 is 0 Å². The summed E-state index contributed by atoms with van der Waals surface area (Å²) >= 11 is 0. The molecule has 2 aromatic rings. The van der Waals surface area contributed by atoms with Crippen molar-refractivity contribution >= 4 is 22.6 Å². The lowest BCUT2D eigenvalue weighted by Gasteiger charge is -2.05. The lowest BCUT2D eigenvalue weighted by molar-refractivity contribution is 0.252. The van der Waals surface area contributed by atoms with Crippen LogP contribution in [0.4, 0.5) is 10.5 Å². The standard InChI is InChI=1S/C10H12N4O/c1-2-11-10(15)13-8-3-4-9-7(5-8)6-12-14-9/h3-6H,2H2,1H3,(H,12,14)(H2,11,13,15). The smallest absolute Gasteiger partial charge is 0.319 e. The van der Waals surface area contributed by atoms with E-state index in [0.717, 1.165) is 16.6 Å². The maximum absolute atomic E-state index is 11.2. The molecule has 0 radical (unpaired) electrons. The van der Waals surface area contributed by atoms with Crippen LogP contribution < -0.4 is 10.6 Å². The van der Waals surface area contributed by atoms with Crippen molar-refractivity contribution in [3.05, 3.63) is 24.4 Å². The van der Waals surface area contributed by atoms with Gasteiger partial charge in [0.25, 0.3) is 0 Å². The van der Waals surface area contributed by atoms with E-state index in [0.29, 0.717) is 6.54 Å². The minimum absolute atomic E-state index is 0.194. The van der Waals surface area contributed by atoms with Crippen molar-refractivity contribution in [1.29, 1.82) is 0 Å². The lowest BCUT2D eigenvalue weighted by atomic mass is 10.2. The highest BCUT2D eigenvalue weighted by Crippen LogP contribution is 2.16. The Morgan fingerprint density at radius 2 is 2.40 bits per heavy atom. The molecule has 0 fully saturated rings. The SMILES string of the molecule is CCNC(=O)Nc1ccc2[nH]ncc2c1. The topological polar surface area (TPSA) is 69.8 Å². The summed E-state index contributed by atoms with van der Waals surface area (Å²) in [5.41, 5.74) is 1.71. The molecule has 15 heavy (non-hydrogen) atoms. The molecule has 3 N–H and O–H groups in total. The van der Waals surface area contributed by atoms with E-state index in [1.165, 1.54) is 0 Å². The Balaban J connectivity index is 2.17. The lowest BCUT2D eigenvalue weighted by Crippen LogP contribution is -2.28. The number of hydrogen-bond donors (Lipinski definition) is 3. The van der Waals surface area contributed by atoms with Gasteiger partial charge in [-0.25, -0.2) is 4.79 Å². The van der Waals surface area contributed by atoms with Gasteiger partial charge in [0.2, 0.25) is 0 Å². The van der Waals surface area contributed by atoms with Crippen molar-refractivity contribution < 1.29 is 4.79 Å². The Morgan fingerprint density at radius 1 is 1.53 bits per heavy atom. The van der Waals surface area contributed by atoms with Gasteiger partial charge in [0.1, 0.15) is 0 Å². The number of benzene rings is 1. The summed E-state index contributed by atoms with van der Waals surface area (Å²) < 4.78 is 0. The number of amides is 2. The van der Waals surface area contributed by atoms with Crippen LogP contribution >= 0.6 is 0 Å². The van der Waals surface area contributed by atoms with Gasteiger partial charge in [-0.05, 0) is 25.1 Å². The minimum atomic E-state index is -0.194. The normalized spacial score (nSPS) is 10.2. The maximum atomic E-state index is 11.2. The summed E-state index contributed by atoms with van der Waals surface area (Å²) in [6.45, 7) is 2.48. The molecule has 5 heteroatoms. The number of aromatic amines is 1. The maximum Gasteiger partial charge on any atom is 0.319 e. The Labute approximate surface area is 86.9 Å². The van der Waals surface area contributed by atoms with Crippen molar-refractivity contribution in [2.75, 3.05) is 11.9 Å². The van der Waals surface area contributed by atoms with Crippen LogP contribution in [0.3, 0.4) is 0 Å². The van der Waals surface area contributed by atoms with E-state index in [2.05, 4.69) is 20.8 Å². The molecule has 0 saturated carbocycles. The predicted octanol–water partition coefficient (Wildman–Crippen LogP) is 1.70. The van der Waals surface area contributed by atoms with Crippen molar-refractivity contribution in [2.24, 2.45) is 0 Å². The fraction of sp³-hybridized carbons (Fsp3) is 0.200. The number of H-pyrrole nitrogens is 1. The molecule has 0 atom stereocenters. The number of urea groups is 1. The third-order valence-electron chi connectivity index (χ3n) is 2.04. The molecule has 0 bridgehead atoms. The molecule has 1 aromatic heterocycles.